The van der Waals surface area contributed by atoms with Crippen LogP contribution in [0.5, 0.6) is 0 Å². The topological polar surface area (TPSA) is 97.7 Å². The number of hydrogen-bond donors (Lipinski definition) is 1. The summed E-state index contributed by atoms with van der Waals surface area (Å²) >= 11 is 1.30. The van der Waals surface area contributed by atoms with E-state index >= 15 is 0 Å². The molecule has 0 spiro atoms. The number of nitrogens with one attached hydrogen (secondary N) is 1. The number of benzene rings is 2. The Bertz CT molecular complexity index is 1330. The molecule has 1 saturated carbocycles. The van der Waals surface area contributed by atoms with Crippen molar-refractivity contribution in [2.24, 2.45) is 9.98 Å². The van der Waals surface area contributed by atoms with Crippen LogP contribution >= 0.6 is 11.8 Å². The Morgan fingerprint density at radius 2 is 1.62 bits per heavy atom. The lowest BCUT2D eigenvalue weighted by atomic mass is 9.95. The van der Waals surface area contributed by atoms with Gasteiger partial charge in [0.15, 0.2) is 5.17 Å². The van der Waals surface area contributed by atoms with Crippen LogP contribution in [0.1, 0.15) is 44.1 Å². The van der Waals surface area contributed by atoms with Gasteiger partial charge in [0, 0.05) is 43.5 Å². The third kappa shape index (κ3) is 5.63. The molecule has 0 aromatic heterocycles. The summed E-state index contributed by atoms with van der Waals surface area (Å²) in [5, 5.41) is 3.69. The Labute approximate surface area is 238 Å². The van der Waals surface area contributed by atoms with Crippen LogP contribution in [0.4, 0.5) is 11.4 Å². The van der Waals surface area contributed by atoms with Gasteiger partial charge in [-0.15, -0.1) is 0 Å². The average molecular weight is 559 g/mol. The monoisotopic (exact) mass is 558 g/mol. The molecule has 4 aliphatic rings. The van der Waals surface area contributed by atoms with Crippen LogP contribution in [0.3, 0.4) is 0 Å². The van der Waals surface area contributed by atoms with Gasteiger partial charge in [-0.1, -0.05) is 61.4 Å². The standard InChI is InChI=1S/C30H34N6O3S/c37-26(31-21-9-3-1-4-10-21)20-40-30-32-24-14-8-7-13-23(24)28-33-29(39)25(36(28)30)19-27(38)35-17-15-34(16-18-35)22-11-5-2-6-12-22/h2,5-8,11-14,21,25H,1,3-4,9-10,15-20H2,(H,31,37). The zero-order chi connectivity index (χ0) is 27.5. The second kappa shape index (κ2) is 11.8. The highest BCUT2D eigenvalue weighted by molar-refractivity contribution is 8.14. The van der Waals surface area contributed by atoms with E-state index in [1.165, 1.54) is 18.2 Å². The Morgan fingerprint density at radius 1 is 0.900 bits per heavy atom. The summed E-state index contributed by atoms with van der Waals surface area (Å²) in [5.41, 5.74) is 2.62. The maximum absolute atomic E-state index is 13.4. The summed E-state index contributed by atoms with van der Waals surface area (Å²) < 4.78 is 0. The van der Waals surface area contributed by atoms with Crippen LogP contribution in [0, 0.1) is 0 Å². The number of para-hydroxylation sites is 2. The van der Waals surface area contributed by atoms with Crippen LogP contribution in [0.25, 0.3) is 0 Å². The number of carbonyl (C=O) groups is 3. The fourth-order valence-corrected chi connectivity index (χ4v) is 6.76. The first kappa shape index (κ1) is 26.6. The van der Waals surface area contributed by atoms with Crippen LogP contribution in [0.15, 0.2) is 64.6 Å². The first-order valence-corrected chi connectivity index (χ1v) is 15.1. The van der Waals surface area contributed by atoms with Crippen molar-refractivity contribution in [1.29, 1.82) is 0 Å². The number of carbonyl (C=O) groups excluding carboxylic acids is 3. The lowest BCUT2D eigenvalue weighted by Gasteiger charge is -2.37. The number of nitrogens with zero attached hydrogens (tertiary/aromatic N) is 5. The van der Waals surface area contributed by atoms with E-state index in [0.29, 0.717) is 29.8 Å². The van der Waals surface area contributed by atoms with Gasteiger partial charge in [0.25, 0.3) is 5.91 Å². The molecule has 10 heteroatoms. The smallest absolute Gasteiger partial charge is 0.271 e. The summed E-state index contributed by atoms with van der Waals surface area (Å²) in [5.74, 6) is 0.255. The van der Waals surface area contributed by atoms with Crippen molar-refractivity contribution in [2.45, 2.75) is 50.6 Å². The van der Waals surface area contributed by atoms with E-state index < -0.39 is 6.04 Å². The van der Waals surface area contributed by atoms with Crippen LogP contribution in [0.2, 0.25) is 0 Å². The fourth-order valence-electron chi connectivity index (χ4n) is 5.90. The van der Waals surface area contributed by atoms with Gasteiger partial charge in [0.2, 0.25) is 11.8 Å². The van der Waals surface area contributed by atoms with Gasteiger partial charge in [-0.3, -0.25) is 19.3 Å². The molecule has 3 aliphatic heterocycles. The van der Waals surface area contributed by atoms with Crippen molar-refractivity contribution in [1.82, 2.24) is 15.1 Å². The second-order valence-electron chi connectivity index (χ2n) is 10.7. The first-order valence-electron chi connectivity index (χ1n) is 14.2. The maximum atomic E-state index is 13.4. The van der Waals surface area contributed by atoms with Crippen LogP contribution in [-0.4, -0.2) is 82.5 Å². The zero-order valence-corrected chi connectivity index (χ0v) is 23.3. The highest BCUT2D eigenvalue weighted by Gasteiger charge is 2.43. The van der Waals surface area contributed by atoms with Gasteiger partial charge in [-0.25, -0.2) is 4.99 Å². The minimum absolute atomic E-state index is 0.0210. The molecule has 0 bridgehead atoms. The molecule has 1 N–H and O–H groups in total. The number of amides is 3. The van der Waals surface area contributed by atoms with Gasteiger partial charge in [0.1, 0.15) is 11.9 Å². The second-order valence-corrected chi connectivity index (χ2v) is 11.6. The first-order chi connectivity index (χ1) is 19.6. The van der Waals surface area contributed by atoms with Crippen molar-refractivity contribution < 1.29 is 14.4 Å². The third-order valence-electron chi connectivity index (χ3n) is 8.03. The van der Waals surface area contributed by atoms with E-state index in [1.807, 2.05) is 47.4 Å². The molecule has 0 radical (unpaired) electrons. The molecule has 40 heavy (non-hydrogen) atoms. The maximum Gasteiger partial charge on any atom is 0.271 e. The number of rotatable bonds is 6. The summed E-state index contributed by atoms with van der Waals surface area (Å²) in [6.07, 6.45) is 5.58. The largest absolute Gasteiger partial charge is 0.368 e. The summed E-state index contributed by atoms with van der Waals surface area (Å²) in [6, 6.07) is 17.2. The quantitative estimate of drug-likeness (QED) is 0.582. The highest BCUT2D eigenvalue weighted by atomic mass is 32.2. The summed E-state index contributed by atoms with van der Waals surface area (Å²) in [6.45, 7) is 2.68. The fraction of sp³-hybridized carbons (Fsp3) is 0.433. The lowest BCUT2D eigenvalue weighted by molar-refractivity contribution is -0.134. The molecule has 2 aromatic rings. The Kier molecular flexibility index (Phi) is 7.86. The molecule has 3 heterocycles. The molecule has 9 nitrogen and oxygen atoms in total. The zero-order valence-electron chi connectivity index (χ0n) is 22.5. The molecule has 1 aliphatic carbocycles. The van der Waals surface area contributed by atoms with Crippen molar-refractivity contribution in [3.05, 3.63) is 60.2 Å². The highest BCUT2D eigenvalue weighted by Crippen LogP contribution is 2.35. The summed E-state index contributed by atoms with van der Waals surface area (Å²) in [4.78, 5) is 54.5. The van der Waals surface area contributed by atoms with Gasteiger partial charge < -0.3 is 15.1 Å². The number of anilines is 1. The van der Waals surface area contributed by atoms with E-state index in [2.05, 4.69) is 27.3 Å². The number of piperazine rings is 1. The van der Waals surface area contributed by atoms with Crippen molar-refractivity contribution in [3.63, 3.8) is 0 Å². The average Bonchev–Trinajstić information content (AvgIpc) is 3.32. The van der Waals surface area contributed by atoms with E-state index in [4.69, 9.17) is 4.99 Å². The normalized spacial score (nSPS) is 20.9. The molecule has 3 amide bonds. The Morgan fingerprint density at radius 3 is 2.40 bits per heavy atom. The molecular weight excluding hydrogens is 524 g/mol. The molecule has 6 rings (SSSR count). The van der Waals surface area contributed by atoms with E-state index in [1.54, 1.807) is 4.90 Å². The molecule has 1 atom stereocenters. The molecule has 1 saturated heterocycles. The van der Waals surface area contributed by atoms with Crippen molar-refractivity contribution >= 4 is 51.9 Å². The SMILES string of the molecule is O=C(CSC1=Nc2ccccc2C2=NC(=O)C(CC(=O)N3CCN(c4ccccc4)CC3)N12)NC1CCCCC1. The molecule has 1 unspecified atom stereocenters. The predicted octanol–water partition coefficient (Wildman–Crippen LogP) is 3.57. The molecule has 2 aromatic carbocycles. The molecular formula is C30H34N6O3S. The number of thioether (sulfide) groups is 1. The third-order valence-corrected chi connectivity index (χ3v) is 8.99. The van der Waals surface area contributed by atoms with Gasteiger partial charge in [-0.2, -0.15) is 4.99 Å². The van der Waals surface area contributed by atoms with Crippen molar-refractivity contribution in [2.75, 3.05) is 36.8 Å². The minimum atomic E-state index is -0.768. The Hall–Kier alpha value is -3.66. The van der Waals surface area contributed by atoms with E-state index in [9.17, 15) is 14.4 Å². The number of amidine groups is 2. The predicted molar refractivity (Wildman–Crippen MR) is 158 cm³/mol. The number of hydrogen-bond acceptors (Lipinski definition) is 7. The van der Waals surface area contributed by atoms with E-state index in [-0.39, 0.29) is 35.9 Å². The van der Waals surface area contributed by atoms with Gasteiger partial charge >= 0.3 is 0 Å². The minimum Gasteiger partial charge on any atom is -0.368 e. The van der Waals surface area contributed by atoms with Gasteiger partial charge in [0.05, 0.1) is 17.9 Å². The van der Waals surface area contributed by atoms with Crippen LogP contribution in [-0.2, 0) is 14.4 Å². The molecule has 2 fully saturated rings. The number of fused-ring (bicyclic) bond motifs is 3. The van der Waals surface area contributed by atoms with Gasteiger partial charge in [-0.05, 0) is 37.1 Å². The summed E-state index contributed by atoms with van der Waals surface area (Å²) in [7, 11) is 0. The van der Waals surface area contributed by atoms with E-state index in [0.717, 1.165) is 50.0 Å². The lowest BCUT2D eigenvalue weighted by Crippen LogP contribution is -2.51. The van der Waals surface area contributed by atoms with Crippen LogP contribution < -0.4 is 10.2 Å². The molecule has 208 valence electrons. The number of aliphatic imine (C=N–C) groups is 2. The Balaban J connectivity index is 1.14. The van der Waals surface area contributed by atoms with Crippen molar-refractivity contribution in [3.8, 4) is 0 Å².